The van der Waals surface area contributed by atoms with Crippen LogP contribution in [0.3, 0.4) is 0 Å². The number of hydrogen-bond acceptors (Lipinski definition) is 0. The van der Waals surface area contributed by atoms with Gasteiger partial charge in [0.25, 0.3) is 0 Å². The van der Waals surface area contributed by atoms with Crippen LogP contribution in [0.2, 0.25) is 39.3 Å². The van der Waals surface area contributed by atoms with Crippen molar-refractivity contribution in [2.75, 3.05) is 0 Å². The van der Waals surface area contributed by atoms with Crippen LogP contribution in [0.15, 0.2) is 20.8 Å². The van der Waals surface area contributed by atoms with Crippen molar-refractivity contribution >= 4 is 53.4 Å². The normalized spacial score (nSPS) is 15.5. The van der Waals surface area contributed by atoms with Crippen molar-refractivity contribution in [2.24, 2.45) is 0 Å². The minimum atomic E-state index is -1.13. The molecule has 0 saturated carbocycles. The Hall–Kier alpha value is 1.37. The van der Waals surface area contributed by atoms with Gasteiger partial charge in [0.05, 0.1) is 0 Å². The zero-order chi connectivity index (χ0) is 11.1. The van der Waals surface area contributed by atoms with Gasteiger partial charge in [-0.3, -0.25) is 0 Å². The second-order valence-electron chi connectivity index (χ2n) is 6.14. The SMILES string of the molecule is C[Si](C)(C)C1=CC[C]([V])=C1[Si](C)(C)C.Cl.Cl.Cl. The Bertz CT molecular complexity index is 312. The first-order valence-corrected chi connectivity index (χ1v) is 13.0. The minimum Gasteiger partial charge on any atom is -0.147 e. The van der Waals surface area contributed by atoms with Gasteiger partial charge in [-0.15, -0.1) is 37.2 Å². The van der Waals surface area contributed by atoms with Crippen molar-refractivity contribution in [3.05, 3.63) is 20.8 Å². The summed E-state index contributed by atoms with van der Waals surface area (Å²) in [6.07, 6.45) is 3.69. The molecule has 0 N–H and O–H groups in total. The zero-order valence-electron chi connectivity index (χ0n) is 11.5. The summed E-state index contributed by atoms with van der Waals surface area (Å²) in [5, 5.41) is 3.50. The molecule has 0 radical (unpaired) electrons. The monoisotopic (exact) mass is 368 g/mol. The standard InChI is InChI=1S/C11H21Si2.3ClH.V/c1-12(2,3)10-8-7-9-11(10)13(4,5)6;;;;/h8H,7H2,1-6H3;3*1H;. The second-order valence-corrected chi connectivity index (χ2v) is 17.0. The maximum Gasteiger partial charge on any atom is -0.147 e. The predicted molar refractivity (Wildman–Crippen MR) is 88.2 cm³/mol. The first-order chi connectivity index (χ1) is 6.14. The van der Waals surface area contributed by atoms with E-state index < -0.39 is 16.1 Å². The molecule has 0 aromatic heterocycles. The van der Waals surface area contributed by atoms with Gasteiger partial charge in [-0.05, 0) is 0 Å². The van der Waals surface area contributed by atoms with Gasteiger partial charge < -0.3 is 0 Å². The van der Waals surface area contributed by atoms with E-state index in [9.17, 15) is 0 Å². The van der Waals surface area contributed by atoms with Crippen molar-refractivity contribution in [1.29, 1.82) is 0 Å². The van der Waals surface area contributed by atoms with Crippen molar-refractivity contribution < 1.29 is 17.4 Å². The zero-order valence-corrected chi connectivity index (χ0v) is 17.3. The summed E-state index contributed by atoms with van der Waals surface area (Å²) in [5.41, 5.74) is 0. The van der Waals surface area contributed by atoms with Crippen molar-refractivity contribution in [3.63, 3.8) is 0 Å². The first kappa shape index (κ1) is 23.5. The number of halogens is 3. The van der Waals surface area contributed by atoms with Crippen LogP contribution in [0.1, 0.15) is 6.42 Å². The molecule has 0 aromatic rings. The second kappa shape index (κ2) is 7.84. The Morgan fingerprint density at radius 1 is 0.882 bits per heavy atom. The molecule has 0 saturated heterocycles. The quantitative estimate of drug-likeness (QED) is 0.591. The smallest absolute Gasteiger partial charge is 0.147 e. The minimum absolute atomic E-state index is 0. The molecule has 6 heteroatoms. The molecule has 17 heavy (non-hydrogen) atoms. The van der Waals surface area contributed by atoms with Crippen LogP contribution in [0.5, 0.6) is 0 Å². The Morgan fingerprint density at radius 3 is 1.53 bits per heavy atom. The molecule has 0 spiro atoms. The fourth-order valence-corrected chi connectivity index (χ4v) is 9.89. The summed E-state index contributed by atoms with van der Waals surface area (Å²) >= 11 is 2.81. The summed E-state index contributed by atoms with van der Waals surface area (Å²) in [7, 11) is -2.24. The van der Waals surface area contributed by atoms with E-state index in [4.69, 9.17) is 0 Å². The summed E-state index contributed by atoms with van der Waals surface area (Å²) in [5.74, 6) is 0. The van der Waals surface area contributed by atoms with E-state index in [2.05, 4.69) is 62.8 Å². The molecule has 0 atom stereocenters. The Morgan fingerprint density at radius 2 is 1.29 bits per heavy atom. The predicted octanol–water partition coefficient (Wildman–Crippen LogP) is 5.14. The number of allylic oxidation sites excluding steroid dienone is 4. The molecule has 0 unspecified atom stereocenters. The van der Waals surface area contributed by atoms with Crippen LogP contribution < -0.4 is 0 Å². The molecule has 0 fully saturated rings. The van der Waals surface area contributed by atoms with Crippen LogP contribution >= 0.6 is 37.2 Å². The van der Waals surface area contributed by atoms with Crippen LogP contribution in [0.4, 0.5) is 0 Å². The van der Waals surface area contributed by atoms with Gasteiger partial charge in [0.2, 0.25) is 0 Å². The van der Waals surface area contributed by atoms with Crippen LogP contribution in [-0.2, 0) is 17.4 Å². The molecule has 1 rings (SSSR count). The fraction of sp³-hybridized carbons (Fsp3) is 0.636. The molecule has 0 amide bonds. The number of hydrogen-bond donors (Lipinski definition) is 0. The van der Waals surface area contributed by atoms with Gasteiger partial charge in [0, 0.05) is 0 Å². The van der Waals surface area contributed by atoms with Gasteiger partial charge >= 0.3 is 100 Å². The van der Waals surface area contributed by atoms with E-state index in [0.717, 1.165) is 0 Å². The molecule has 102 valence electrons. The van der Waals surface area contributed by atoms with Crippen LogP contribution in [0.25, 0.3) is 0 Å². The Kier molecular flexibility index (Phi) is 10.8. The van der Waals surface area contributed by atoms with E-state index in [1.54, 1.807) is 14.7 Å². The fourth-order valence-electron chi connectivity index (χ4n) is 2.08. The maximum absolute atomic E-state index is 2.81. The summed E-state index contributed by atoms with van der Waals surface area (Å²) in [4.78, 5) is 0. The number of rotatable bonds is 2. The molecule has 0 aromatic carbocycles. The third-order valence-corrected chi connectivity index (χ3v) is 7.98. The van der Waals surface area contributed by atoms with Gasteiger partial charge in [0.1, 0.15) is 0 Å². The Labute approximate surface area is 136 Å². The molecule has 0 nitrogen and oxygen atoms in total. The van der Waals surface area contributed by atoms with E-state index in [0.29, 0.717) is 0 Å². The largest absolute Gasteiger partial charge is 0.147 e. The third-order valence-electron chi connectivity index (χ3n) is 2.62. The van der Waals surface area contributed by atoms with E-state index in [-0.39, 0.29) is 37.2 Å². The van der Waals surface area contributed by atoms with Gasteiger partial charge in [-0.2, -0.15) is 0 Å². The third kappa shape index (κ3) is 5.90. The molecular weight excluding hydrogens is 346 g/mol. The van der Waals surface area contributed by atoms with E-state index in [1.807, 2.05) is 0 Å². The van der Waals surface area contributed by atoms with Crippen molar-refractivity contribution in [1.82, 2.24) is 0 Å². The first-order valence-electron chi connectivity index (χ1n) is 5.27. The van der Waals surface area contributed by atoms with Gasteiger partial charge in [-0.1, -0.05) is 0 Å². The summed E-state index contributed by atoms with van der Waals surface area (Å²) in [6.45, 7) is 14.8. The average Bonchev–Trinajstić information content (AvgIpc) is 2.27. The Balaban J connectivity index is -0.000000653. The van der Waals surface area contributed by atoms with Crippen molar-refractivity contribution in [2.45, 2.75) is 45.7 Å². The topological polar surface area (TPSA) is 0 Å². The molecular formula is C11H24Cl3Si2V. The summed E-state index contributed by atoms with van der Waals surface area (Å²) < 4.78 is 1.59. The van der Waals surface area contributed by atoms with E-state index >= 15 is 0 Å². The molecule has 1 aliphatic carbocycles. The van der Waals surface area contributed by atoms with Crippen LogP contribution in [0, 0.1) is 0 Å². The molecule has 0 bridgehead atoms. The van der Waals surface area contributed by atoms with Gasteiger partial charge in [-0.25, -0.2) is 0 Å². The van der Waals surface area contributed by atoms with E-state index in [1.165, 1.54) is 6.42 Å². The maximum atomic E-state index is 2.81. The average molecular weight is 370 g/mol. The summed E-state index contributed by atoms with van der Waals surface area (Å²) in [6, 6.07) is 0. The molecule has 0 heterocycles. The molecule has 1 aliphatic rings. The van der Waals surface area contributed by atoms with Crippen molar-refractivity contribution in [3.8, 4) is 0 Å². The molecule has 0 aliphatic heterocycles. The van der Waals surface area contributed by atoms with Gasteiger partial charge in [0.15, 0.2) is 0 Å². The van der Waals surface area contributed by atoms with Crippen LogP contribution in [-0.4, -0.2) is 16.1 Å².